The molecule has 0 saturated carbocycles. The number of nitrogens with one attached hydrogen (secondary N) is 1. The van der Waals surface area contributed by atoms with E-state index in [9.17, 15) is 4.79 Å². The number of aromatic nitrogens is 1. The molecular formula is C13H19BrN4O2. The molecule has 1 aliphatic heterocycles. The lowest BCUT2D eigenvalue weighted by Crippen LogP contribution is -2.54. The highest BCUT2D eigenvalue weighted by Crippen LogP contribution is 2.28. The second-order valence-electron chi connectivity index (χ2n) is 4.65. The van der Waals surface area contributed by atoms with Crippen molar-refractivity contribution in [2.45, 2.75) is 19.4 Å². The Labute approximate surface area is 126 Å². The Morgan fingerprint density at radius 3 is 3.20 bits per heavy atom. The van der Waals surface area contributed by atoms with Crippen molar-refractivity contribution >= 4 is 33.3 Å². The van der Waals surface area contributed by atoms with Crippen molar-refractivity contribution in [3.05, 3.63) is 16.7 Å². The Kier molecular flexibility index (Phi) is 5.19. The lowest BCUT2D eigenvalue weighted by molar-refractivity contribution is -0.124. The van der Waals surface area contributed by atoms with E-state index in [0.29, 0.717) is 32.0 Å². The zero-order chi connectivity index (χ0) is 14.5. The van der Waals surface area contributed by atoms with Gasteiger partial charge in [-0.3, -0.25) is 4.79 Å². The number of ether oxygens (including phenoxy) is 1. The summed E-state index contributed by atoms with van der Waals surface area (Å²) in [7, 11) is 0. The molecule has 0 radical (unpaired) electrons. The Hall–Kier alpha value is -1.34. The van der Waals surface area contributed by atoms with Crippen LogP contribution in [0.3, 0.4) is 0 Å². The standard InChI is InChI=1S/C13H19BrN4O2/c1-2-3-16-13(19)11-8-20-5-4-18(11)12-10(14)6-9(15)7-17-12/h6-7,11H,2-5,8,15H2,1H3,(H,16,19). The van der Waals surface area contributed by atoms with E-state index in [2.05, 4.69) is 26.2 Å². The Morgan fingerprint density at radius 1 is 1.70 bits per heavy atom. The van der Waals surface area contributed by atoms with Gasteiger partial charge in [0, 0.05) is 13.1 Å². The molecule has 1 saturated heterocycles. The van der Waals surface area contributed by atoms with Crippen molar-refractivity contribution in [3.63, 3.8) is 0 Å². The largest absolute Gasteiger partial charge is 0.397 e. The molecule has 6 nitrogen and oxygen atoms in total. The van der Waals surface area contributed by atoms with E-state index in [1.165, 1.54) is 0 Å². The smallest absolute Gasteiger partial charge is 0.245 e. The maximum atomic E-state index is 12.2. The Morgan fingerprint density at radius 2 is 2.50 bits per heavy atom. The van der Waals surface area contributed by atoms with Gasteiger partial charge in [-0.25, -0.2) is 4.98 Å². The summed E-state index contributed by atoms with van der Waals surface area (Å²) in [5, 5.41) is 2.90. The van der Waals surface area contributed by atoms with E-state index in [4.69, 9.17) is 10.5 Å². The number of pyridine rings is 1. The van der Waals surface area contributed by atoms with Gasteiger partial charge in [0.25, 0.3) is 0 Å². The molecule has 2 rings (SSSR count). The van der Waals surface area contributed by atoms with Crippen LogP contribution in [0.4, 0.5) is 11.5 Å². The van der Waals surface area contributed by atoms with Crippen LogP contribution in [0.5, 0.6) is 0 Å². The molecule has 110 valence electrons. The molecule has 7 heteroatoms. The lowest BCUT2D eigenvalue weighted by atomic mass is 10.2. The number of hydrogen-bond acceptors (Lipinski definition) is 5. The van der Waals surface area contributed by atoms with Crippen LogP contribution < -0.4 is 16.0 Å². The number of carbonyl (C=O) groups is 1. The van der Waals surface area contributed by atoms with Gasteiger partial charge in [-0.2, -0.15) is 0 Å². The first-order chi connectivity index (χ1) is 9.63. The Bertz CT molecular complexity index is 483. The first-order valence-corrected chi connectivity index (χ1v) is 7.46. The van der Waals surface area contributed by atoms with Gasteiger partial charge in [0.2, 0.25) is 5.91 Å². The third kappa shape index (κ3) is 3.40. The molecule has 0 aromatic carbocycles. The normalized spacial score (nSPS) is 18.9. The van der Waals surface area contributed by atoms with Crippen LogP contribution in [0.25, 0.3) is 0 Å². The zero-order valence-electron chi connectivity index (χ0n) is 11.4. The molecular weight excluding hydrogens is 324 g/mol. The fraction of sp³-hybridized carbons (Fsp3) is 0.538. The van der Waals surface area contributed by atoms with Crippen molar-refractivity contribution in [1.29, 1.82) is 0 Å². The van der Waals surface area contributed by atoms with E-state index in [-0.39, 0.29) is 11.9 Å². The van der Waals surface area contributed by atoms with Crippen LogP contribution in [0.15, 0.2) is 16.7 Å². The van der Waals surface area contributed by atoms with Crippen molar-refractivity contribution in [2.75, 3.05) is 36.9 Å². The van der Waals surface area contributed by atoms with Crippen LogP contribution >= 0.6 is 15.9 Å². The molecule has 1 unspecified atom stereocenters. The number of amides is 1. The van der Waals surface area contributed by atoms with E-state index in [1.807, 2.05) is 11.8 Å². The molecule has 1 amide bonds. The maximum Gasteiger partial charge on any atom is 0.245 e. The molecule has 1 aromatic rings. The van der Waals surface area contributed by atoms with Gasteiger partial charge < -0.3 is 20.7 Å². The summed E-state index contributed by atoms with van der Waals surface area (Å²) in [5.74, 6) is 0.691. The summed E-state index contributed by atoms with van der Waals surface area (Å²) in [5.41, 5.74) is 6.29. The summed E-state index contributed by atoms with van der Waals surface area (Å²) in [6.45, 7) is 4.26. The highest BCUT2D eigenvalue weighted by molar-refractivity contribution is 9.10. The van der Waals surface area contributed by atoms with Crippen LogP contribution in [0.2, 0.25) is 0 Å². The second kappa shape index (κ2) is 6.90. The molecule has 1 aliphatic rings. The third-order valence-electron chi connectivity index (χ3n) is 3.10. The number of rotatable bonds is 4. The average Bonchev–Trinajstić information content (AvgIpc) is 2.45. The van der Waals surface area contributed by atoms with Crippen LogP contribution in [0.1, 0.15) is 13.3 Å². The van der Waals surface area contributed by atoms with Gasteiger partial charge in [0.15, 0.2) is 0 Å². The van der Waals surface area contributed by atoms with Crippen LogP contribution in [0, 0.1) is 0 Å². The molecule has 1 aromatic heterocycles. The maximum absolute atomic E-state index is 12.2. The first-order valence-electron chi connectivity index (χ1n) is 6.66. The summed E-state index contributed by atoms with van der Waals surface area (Å²) in [4.78, 5) is 18.5. The molecule has 0 aliphatic carbocycles. The number of halogens is 1. The van der Waals surface area contributed by atoms with Crippen LogP contribution in [-0.4, -0.2) is 43.2 Å². The predicted octanol–water partition coefficient (Wildman–Crippen LogP) is 1.16. The summed E-state index contributed by atoms with van der Waals surface area (Å²) < 4.78 is 6.21. The summed E-state index contributed by atoms with van der Waals surface area (Å²) in [6, 6.07) is 1.43. The Balaban J connectivity index is 2.19. The van der Waals surface area contributed by atoms with Crippen molar-refractivity contribution in [3.8, 4) is 0 Å². The fourth-order valence-corrected chi connectivity index (χ4v) is 2.69. The van der Waals surface area contributed by atoms with Gasteiger partial charge >= 0.3 is 0 Å². The van der Waals surface area contributed by atoms with E-state index < -0.39 is 0 Å². The van der Waals surface area contributed by atoms with Gasteiger partial charge in [-0.1, -0.05) is 6.92 Å². The molecule has 1 atom stereocenters. The number of anilines is 2. The summed E-state index contributed by atoms with van der Waals surface area (Å²) >= 11 is 3.46. The summed E-state index contributed by atoms with van der Waals surface area (Å²) in [6.07, 6.45) is 2.50. The van der Waals surface area contributed by atoms with Gasteiger partial charge in [0.05, 0.1) is 29.6 Å². The average molecular weight is 343 g/mol. The van der Waals surface area contributed by atoms with Gasteiger partial charge in [0.1, 0.15) is 11.9 Å². The molecule has 1 fully saturated rings. The number of carbonyl (C=O) groups excluding carboxylic acids is 1. The number of nitrogens with two attached hydrogens (primary N) is 1. The van der Waals surface area contributed by atoms with Crippen molar-refractivity contribution < 1.29 is 9.53 Å². The van der Waals surface area contributed by atoms with Gasteiger partial charge in [-0.05, 0) is 28.4 Å². The minimum Gasteiger partial charge on any atom is -0.397 e. The molecule has 2 heterocycles. The minimum absolute atomic E-state index is 0.0305. The fourth-order valence-electron chi connectivity index (χ4n) is 2.10. The quantitative estimate of drug-likeness (QED) is 0.858. The second-order valence-corrected chi connectivity index (χ2v) is 5.50. The highest BCUT2D eigenvalue weighted by atomic mass is 79.9. The van der Waals surface area contributed by atoms with E-state index in [0.717, 1.165) is 16.7 Å². The molecule has 20 heavy (non-hydrogen) atoms. The SMILES string of the molecule is CCCNC(=O)C1COCCN1c1ncc(N)cc1Br. The number of nitrogen functional groups attached to an aromatic ring is 1. The first kappa shape index (κ1) is 15.1. The topological polar surface area (TPSA) is 80.5 Å². The van der Waals surface area contributed by atoms with Gasteiger partial charge in [-0.15, -0.1) is 0 Å². The molecule has 0 bridgehead atoms. The monoisotopic (exact) mass is 342 g/mol. The van der Waals surface area contributed by atoms with E-state index >= 15 is 0 Å². The molecule has 3 N–H and O–H groups in total. The number of nitrogens with zero attached hydrogens (tertiary/aromatic N) is 2. The number of morpholine rings is 1. The lowest BCUT2D eigenvalue weighted by Gasteiger charge is -2.35. The zero-order valence-corrected chi connectivity index (χ0v) is 13.0. The highest BCUT2D eigenvalue weighted by Gasteiger charge is 2.31. The van der Waals surface area contributed by atoms with Crippen molar-refractivity contribution in [2.24, 2.45) is 0 Å². The molecule has 0 spiro atoms. The van der Waals surface area contributed by atoms with Crippen molar-refractivity contribution in [1.82, 2.24) is 10.3 Å². The number of hydrogen-bond donors (Lipinski definition) is 2. The van der Waals surface area contributed by atoms with E-state index in [1.54, 1.807) is 12.3 Å². The minimum atomic E-state index is -0.359. The predicted molar refractivity (Wildman–Crippen MR) is 81.6 cm³/mol. The third-order valence-corrected chi connectivity index (χ3v) is 3.68. The van der Waals surface area contributed by atoms with Crippen LogP contribution in [-0.2, 0) is 9.53 Å².